The number of aromatic nitrogens is 2. The third kappa shape index (κ3) is 4.17. The minimum absolute atomic E-state index is 0.0804. The number of hydrogen-bond donors (Lipinski definition) is 1. The fourth-order valence-electron chi connectivity index (χ4n) is 3.75. The number of para-hydroxylation sites is 1. The van der Waals surface area contributed by atoms with E-state index >= 15 is 0 Å². The molecule has 0 radical (unpaired) electrons. The van der Waals surface area contributed by atoms with Crippen molar-refractivity contribution in [2.75, 3.05) is 33.3 Å². The van der Waals surface area contributed by atoms with Crippen LogP contribution < -0.4 is 4.74 Å². The van der Waals surface area contributed by atoms with E-state index in [9.17, 15) is 9.59 Å². The lowest BCUT2D eigenvalue weighted by atomic mass is 10.0. The zero-order valence-corrected chi connectivity index (χ0v) is 18.0. The number of benzene rings is 2. The highest BCUT2D eigenvalue weighted by atomic mass is 16.5. The molecule has 7 heteroatoms. The molecule has 1 N–H and O–H groups in total. The van der Waals surface area contributed by atoms with Crippen LogP contribution >= 0.6 is 0 Å². The van der Waals surface area contributed by atoms with E-state index in [4.69, 9.17) is 4.74 Å². The largest absolute Gasteiger partial charge is 0.496 e. The van der Waals surface area contributed by atoms with Crippen LogP contribution in [-0.4, -0.2) is 65.1 Å². The lowest BCUT2D eigenvalue weighted by molar-refractivity contribution is 0.0530. The number of H-pyrrole nitrogens is 1. The quantitative estimate of drug-likeness (QED) is 0.705. The first kappa shape index (κ1) is 20.7. The second kappa shape index (κ2) is 8.63. The van der Waals surface area contributed by atoms with E-state index in [1.807, 2.05) is 18.2 Å². The number of ether oxygens (including phenoxy) is 1. The van der Waals surface area contributed by atoms with Crippen LogP contribution in [-0.2, 0) is 0 Å². The van der Waals surface area contributed by atoms with Crippen molar-refractivity contribution in [2.45, 2.75) is 13.8 Å². The first-order valence-electron chi connectivity index (χ1n) is 10.3. The molecule has 2 amide bonds. The lowest BCUT2D eigenvalue weighted by Gasteiger charge is -2.34. The predicted octanol–water partition coefficient (Wildman–Crippen LogP) is 3.30. The van der Waals surface area contributed by atoms with Crippen LogP contribution in [0.1, 0.15) is 32.0 Å². The molecular formula is C24H26N4O3. The van der Waals surface area contributed by atoms with Crippen molar-refractivity contribution in [3.05, 3.63) is 70.9 Å². The fraction of sp³-hybridized carbons (Fsp3) is 0.292. The Morgan fingerprint density at radius 2 is 1.58 bits per heavy atom. The van der Waals surface area contributed by atoms with Crippen molar-refractivity contribution in [3.63, 3.8) is 0 Å². The van der Waals surface area contributed by atoms with Crippen LogP contribution in [0.5, 0.6) is 5.75 Å². The Labute approximate surface area is 181 Å². The molecule has 0 unspecified atom stereocenters. The van der Waals surface area contributed by atoms with Gasteiger partial charge in [-0.15, -0.1) is 0 Å². The highest BCUT2D eigenvalue weighted by molar-refractivity contribution is 5.97. The van der Waals surface area contributed by atoms with Gasteiger partial charge in [0.25, 0.3) is 11.8 Å². The van der Waals surface area contributed by atoms with Gasteiger partial charge in [0.15, 0.2) is 0 Å². The molecular weight excluding hydrogens is 392 g/mol. The number of hydrogen-bond acceptors (Lipinski definition) is 4. The molecule has 0 atom stereocenters. The number of rotatable bonds is 4. The molecule has 0 saturated carbocycles. The minimum Gasteiger partial charge on any atom is -0.496 e. The van der Waals surface area contributed by atoms with E-state index in [-0.39, 0.29) is 11.8 Å². The number of carbonyl (C=O) groups is 2. The molecule has 160 valence electrons. The third-order valence-corrected chi connectivity index (χ3v) is 5.80. The van der Waals surface area contributed by atoms with Gasteiger partial charge < -0.3 is 14.5 Å². The van der Waals surface area contributed by atoms with Crippen molar-refractivity contribution in [1.29, 1.82) is 0 Å². The number of amides is 2. The van der Waals surface area contributed by atoms with Crippen LogP contribution in [0.2, 0.25) is 0 Å². The molecule has 0 spiro atoms. The summed E-state index contributed by atoms with van der Waals surface area (Å²) in [4.78, 5) is 29.3. The van der Waals surface area contributed by atoms with Crippen LogP contribution in [0.25, 0.3) is 11.3 Å². The topological polar surface area (TPSA) is 78.5 Å². The van der Waals surface area contributed by atoms with Gasteiger partial charge >= 0.3 is 0 Å². The van der Waals surface area contributed by atoms with Gasteiger partial charge in [0.2, 0.25) is 0 Å². The Balaban J connectivity index is 1.41. The summed E-state index contributed by atoms with van der Waals surface area (Å²) in [5.41, 5.74) is 5.12. The molecule has 2 aromatic carbocycles. The average molecular weight is 418 g/mol. The van der Waals surface area contributed by atoms with Gasteiger partial charge in [-0.3, -0.25) is 14.7 Å². The zero-order valence-electron chi connectivity index (χ0n) is 18.0. The molecule has 0 aliphatic carbocycles. The van der Waals surface area contributed by atoms with E-state index in [1.54, 1.807) is 35.1 Å². The van der Waals surface area contributed by atoms with Crippen LogP contribution in [0.4, 0.5) is 0 Å². The standard InChI is InChI=1S/C24H26N4O3/c1-16-8-9-18(14-17(16)2)20-15-21(26-25-20)24(30)28-12-10-27(11-13-28)23(29)19-6-4-5-7-22(19)31-3/h4-9,14-15H,10-13H2,1-3H3,(H,25,26). The molecule has 1 aromatic heterocycles. The fourth-order valence-corrected chi connectivity index (χ4v) is 3.75. The summed E-state index contributed by atoms with van der Waals surface area (Å²) >= 11 is 0. The highest BCUT2D eigenvalue weighted by Gasteiger charge is 2.27. The lowest BCUT2D eigenvalue weighted by Crippen LogP contribution is -2.50. The first-order valence-corrected chi connectivity index (χ1v) is 10.3. The Morgan fingerprint density at radius 1 is 0.903 bits per heavy atom. The maximum absolute atomic E-state index is 12.9. The maximum atomic E-state index is 12.9. The van der Waals surface area contributed by atoms with E-state index in [0.29, 0.717) is 43.2 Å². The zero-order chi connectivity index (χ0) is 22.0. The molecule has 0 bridgehead atoms. The Bertz CT molecular complexity index is 1110. The van der Waals surface area contributed by atoms with Gasteiger partial charge in [-0.05, 0) is 49.2 Å². The maximum Gasteiger partial charge on any atom is 0.272 e. The number of nitrogens with one attached hydrogen (secondary N) is 1. The van der Waals surface area contributed by atoms with Crippen molar-refractivity contribution < 1.29 is 14.3 Å². The molecule has 3 aromatic rings. The molecule has 1 aliphatic rings. The number of piperazine rings is 1. The van der Waals surface area contributed by atoms with Gasteiger partial charge in [-0.2, -0.15) is 5.10 Å². The van der Waals surface area contributed by atoms with Crippen LogP contribution in [0.3, 0.4) is 0 Å². The monoisotopic (exact) mass is 418 g/mol. The predicted molar refractivity (Wildman–Crippen MR) is 118 cm³/mol. The Hall–Kier alpha value is -3.61. The summed E-state index contributed by atoms with van der Waals surface area (Å²) in [6.45, 7) is 6.01. The van der Waals surface area contributed by atoms with Crippen molar-refractivity contribution in [2.24, 2.45) is 0 Å². The summed E-state index contributed by atoms with van der Waals surface area (Å²) in [7, 11) is 1.55. The molecule has 2 heterocycles. The summed E-state index contributed by atoms with van der Waals surface area (Å²) < 4.78 is 5.30. The SMILES string of the molecule is COc1ccccc1C(=O)N1CCN(C(=O)c2cc(-c3ccc(C)c(C)c3)n[nH]2)CC1. The number of aryl methyl sites for hydroxylation is 2. The molecule has 1 fully saturated rings. The van der Waals surface area contributed by atoms with E-state index in [2.05, 4.69) is 36.2 Å². The Kier molecular flexibility index (Phi) is 5.75. The van der Waals surface area contributed by atoms with Gasteiger partial charge in [-0.1, -0.05) is 24.3 Å². The smallest absolute Gasteiger partial charge is 0.272 e. The summed E-state index contributed by atoms with van der Waals surface area (Å²) in [5.74, 6) is 0.373. The van der Waals surface area contributed by atoms with E-state index < -0.39 is 0 Å². The van der Waals surface area contributed by atoms with Crippen molar-refractivity contribution >= 4 is 11.8 Å². The van der Waals surface area contributed by atoms with E-state index in [1.165, 1.54) is 11.1 Å². The number of aromatic amines is 1. The molecule has 7 nitrogen and oxygen atoms in total. The molecule has 31 heavy (non-hydrogen) atoms. The van der Waals surface area contributed by atoms with Crippen molar-refractivity contribution in [3.8, 4) is 17.0 Å². The summed E-state index contributed by atoms with van der Waals surface area (Å²) in [6, 6.07) is 15.1. The molecule has 1 aliphatic heterocycles. The number of methoxy groups -OCH3 is 1. The van der Waals surface area contributed by atoms with Crippen LogP contribution in [0, 0.1) is 13.8 Å². The summed E-state index contributed by atoms with van der Waals surface area (Å²) in [5, 5.41) is 7.20. The second-order valence-electron chi connectivity index (χ2n) is 7.75. The normalized spacial score (nSPS) is 13.9. The summed E-state index contributed by atoms with van der Waals surface area (Å²) in [6.07, 6.45) is 0. The first-order chi connectivity index (χ1) is 15.0. The highest BCUT2D eigenvalue weighted by Crippen LogP contribution is 2.23. The number of carbonyl (C=O) groups excluding carboxylic acids is 2. The number of nitrogens with zero attached hydrogens (tertiary/aromatic N) is 3. The van der Waals surface area contributed by atoms with Crippen LogP contribution in [0.15, 0.2) is 48.5 Å². The van der Waals surface area contributed by atoms with Gasteiger partial charge in [0.05, 0.1) is 18.4 Å². The molecule has 4 rings (SSSR count). The average Bonchev–Trinajstić information content (AvgIpc) is 3.30. The van der Waals surface area contributed by atoms with Gasteiger partial charge in [0, 0.05) is 31.7 Å². The Morgan fingerprint density at radius 3 is 2.26 bits per heavy atom. The second-order valence-corrected chi connectivity index (χ2v) is 7.75. The minimum atomic E-state index is -0.105. The van der Waals surface area contributed by atoms with Gasteiger partial charge in [-0.25, -0.2) is 0 Å². The third-order valence-electron chi connectivity index (χ3n) is 5.80. The van der Waals surface area contributed by atoms with Crippen molar-refractivity contribution in [1.82, 2.24) is 20.0 Å². The molecule has 1 saturated heterocycles. The van der Waals surface area contributed by atoms with Gasteiger partial charge in [0.1, 0.15) is 11.4 Å². The van der Waals surface area contributed by atoms with E-state index in [0.717, 1.165) is 11.3 Å².